The van der Waals surface area contributed by atoms with E-state index < -0.39 is 0 Å². The molecule has 0 atom stereocenters. The number of ether oxygens (including phenoxy) is 1. The van der Waals surface area contributed by atoms with Crippen molar-refractivity contribution in [1.82, 2.24) is 10.2 Å². The van der Waals surface area contributed by atoms with Crippen molar-refractivity contribution in [2.45, 2.75) is 13.3 Å². The topological polar surface area (TPSA) is 58.6 Å². The van der Waals surface area contributed by atoms with Crippen LogP contribution in [-0.2, 0) is 4.79 Å². The van der Waals surface area contributed by atoms with E-state index in [2.05, 4.69) is 11.2 Å². The van der Waals surface area contributed by atoms with Crippen LogP contribution in [-0.4, -0.2) is 30.0 Å². The number of imide groups is 1. The Kier molecular flexibility index (Phi) is 4.62. The van der Waals surface area contributed by atoms with Gasteiger partial charge in [0.15, 0.2) is 0 Å². The van der Waals surface area contributed by atoms with Crippen LogP contribution in [0.5, 0.6) is 5.75 Å². The molecule has 0 saturated carbocycles. The normalized spacial score (nSPS) is 16.0. The summed E-state index contributed by atoms with van der Waals surface area (Å²) in [7, 11) is 0. The minimum atomic E-state index is -0.373. The molecule has 1 heterocycles. The molecule has 1 aromatic rings. The van der Waals surface area contributed by atoms with E-state index in [1.165, 1.54) is 4.90 Å². The molecule has 1 N–H and O–H groups in total. The molecular formula is C16H16N2O3. The van der Waals surface area contributed by atoms with Gasteiger partial charge < -0.3 is 10.1 Å². The summed E-state index contributed by atoms with van der Waals surface area (Å²) in [6.07, 6.45) is 7.48. The van der Waals surface area contributed by atoms with Crippen molar-refractivity contribution >= 4 is 18.0 Å². The third kappa shape index (κ3) is 3.42. The molecule has 0 aromatic heterocycles. The third-order valence-electron chi connectivity index (χ3n) is 2.92. The van der Waals surface area contributed by atoms with Gasteiger partial charge >= 0.3 is 6.03 Å². The Morgan fingerprint density at radius 2 is 2.05 bits per heavy atom. The van der Waals surface area contributed by atoms with Gasteiger partial charge in [-0.2, -0.15) is 0 Å². The van der Waals surface area contributed by atoms with Crippen LogP contribution < -0.4 is 10.1 Å². The van der Waals surface area contributed by atoms with Gasteiger partial charge in [0.25, 0.3) is 5.91 Å². The lowest BCUT2D eigenvalue weighted by Crippen LogP contribution is -2.31. The monoisotopic (exact) mass is 284 g/mol. The minimum absolute atomic E-state index is 0.209. The molecule has 1 aliphatic rings. The molecule has 0 bridgehead atoms. The number of nitrogens with one attached hydrogen (secondary N) is 1. The highest BCUT2D eigenvalue weighted by Gasteiger charge is 2.32. The molecule has 0 spiro atoms. The zero-order chi connectivity index (χ0) is 15.2. The number of hydrogen-bond donors (Lipinski definition) is 1. The summed E-state index contributed by atoms with van der Waals surface area (Å²) in [6, 6.07) is 6.73. The second-order valence-electron chi connectivity index (χ2n) is 4.51. The van der Waals surface area contributed by atoms with E-state index in [1.807, 2.05) is 6.92 Å². The second-order valence-corrected chi connectivity index (χ2v) is 4.51. The summed E-state index contributed by atoms with van der Waals surface area (Å²) in [4.78, 5) is 24.9. The molecule has 1 saturated heterocycles. The number of rotatable bonds is 5. The highest BCUT2D eigenvalue weighted by Crippen LogP contribution is 2.17. The summed E-state index contributed by atoms with van der Waals surface area (Å²) in [5, 5.41) is 2.58. The Hall–Kier alpha value is -2.74. The molecule has 1 fully saturated rings. The first-order valence-corrected chi connectivity index (χ1v) is 6.66. The number of benzene rings is 1. The van der Waals surface area contributed by atoms with Crippen molar-refractivity contribution in [2.75, 3.05) is 13.2 Å². The van der Waals surface area contributed by atoms with Crippen molar-refractivity contribution in [3.63, 3.8) is 0 Å². The van der Waals surface area contributed by atoms with Crippen LogP contribution in [0.4, 0.5) is 4.79 Å². The first-order valence-electron chi connectivity index (χ1n) is 6.66. The smallest absolute Gasteiger partial charge is 0.329 e. The molecule has 3 amide bonds. The van der Waals surface area contributed by atoms with E-state index in [0.717, 1.165) is 12.0 Å². The zero-order valence-electron chi connectivity index (χ0n) is 11.8. The van der Waals surface area contributed by atoms with Gasteiger partial charge in [0, 0.05) is 6.54 Å². The number of carbonyl (C=O) groups is 2. The Bertz CT molecular complexity index is 611. The van der Waals surface area contributed by atoms with Gasteiger partial charge in [0.05, 0.1) is 0 Å². The number of amides is 3. The number of terminal acetylenes is 1. The predicted molar refractivity (Wildman–Crippen MR) is 79.3 cm³/mol. The van der Waals surface area contributed by atoms with Gasteiger partial charge in [-0.05, 0) is 30.2 Å². The largest absolute Gasteiger partial charge is 0.481 e. The van der Waals surface area contributed by atoms with Gasteiger partial charge in [0.2, 0.25) is 0 Å². The van der Waals surface area contributed by atoms with Crippen LogP contribution in [0.25, 0.3) is 6.08 Å². The van der Waals surface area contributed by atoms with Crippen molar-refractivity contribution < 1.29 is 14.3 Å². The first kappa shape index (κ1) is 14.7. The molecule has 5 nitrogen and oxygen atoms in total. The summed E-state index contributed by atoms with van der Waals surface area (Å²) >= 11 is 0. The molecular weight excluding hydrogens is 268 g/mol. The lowest BCUT2D eigenvalue weighted by molar-refractivity contribution is -0.122. The first-order chi connectivity index (χ1) is 10.2. The highest BCUT2D eigenvalue weighted by atomic mass is 16.5. The summed E-state index contributed by atoms with van der Waals surface area (Å²) in [5.41, 5.74) is 1.08. The fourth-order valence-electron chi connectivity index (χ4n) is 1.95. The summed E-state index contributed by atoms with van der Waals surface area (Å²) in [5.74, 6) is 2.75. The Balaban J connectivity index is 2.11. The average molecular weight is 284 g/mol. The maximum Gasteiger partial charge on any atom is 0.329 e. The number of carbonyl (C=O) groups excluding carboxylic acids is 2. The molecule has 5 heteroatoms. The number of nitrogens with zero attached hydrogens (tertiary/aromatic N) is 1. The van der Waals surface area contributed by atoms with E-state index in [0.29, 0.717) is 12.3 Å². The van der Waals surface area contributed by atoms with E-state index >= 15 is 0 Å². The van der Waals surface area contributed by atoms with Gasteiger partial charge in [-0.25, -0.2) is 4.79 Å². The van der Waals surface area contributed by atoms with E-state index in [1.54, 1.807) is 30.3 Å². The van der Waals surface area contributed by atoms with Crippen LogP contribution in [0.15, 0.2) is 30.0 Å². The molecule has 1 aromatic carbocycles. The lowest BCUT2D eigenvalue weighted by Gasteiger charge is -2.08. The van der Waals surface area contributed by atoms with Crippen LogP contribution in [0.3, 0.4) is 0 Å². The minimum Gasteiger partial charge on any atom is -0.481 e. The zero-order valence-corrected chi connectivity index (χ0v) is 11.8. The van der Waals surface area contributed by atoms with E-state index in [-0.39, 0.29) is 24.2 Å². The van der Waals surface area contributed by atoms with Gasteiger partial charge in [-0.15, -0.1) is 6.42 Å². The fraction of sp³-hybridized carbons (Fsp3) is 0.250. The second kappa shape index (κ2) is 6.62. The van der Waals surface area contributed by atoms with Crippen molar-refractivity contribution in [3.8, 4) is 18.1 Å². The molecule has 21 heavy (non-hydrogen) atoms. The van der Waals surface area contributed by atoms with Crippen LogP contribution in [0, 0.1) is 12.3 Å². The SMILES string of the molecule is C#CCOc1ccc(/C=C2/NC(=O)N(CCC)C2=O)cc1. The number of hydrogen-bond acceptors (Lipinski definition) is 3. The van der Waals surface area contributed by atoms with Crippen LogP contribution in [0.1, 0.15) is 18.9 Å². The van der Waals surface area contributed by atoms with Crippen molar-refractivity contribution in [3.05, 3.63) is 35.5 Å². The average Bonchev–Trinajstić information content (AvgIpc) is 2.75. The van der Waals surface area contributed by atoms with Crippen LogP contribution in [0.2, 0.25) is 0 Å². The summed E-state index contributed by atoms with van der Waals surface area (Å²) < 4.78 is 5.27. The Morgan fingerprint density at radius 1 is 1.33 bits per heavy atom. The van der Waals surface area contributed by atoms with Gasteiger partial charge in [-0.3, -0.25) is 9.69 Å². The Labute approximate surface area is 123 Å². The molecule has 0 radical (unpaired) electrons. The third-order valence-corrected chi connectivity index (χ3v) is 2.92. The van der Waals surface area contributed by atoms with E-state index in [9.17, 15) is 9.59 Å². The van der Waals surface area contributed by atoms with E-state index in [4.69, 9.17) is 11.2 Å². The Morgan fingerprint density at radius 3 is 2.67 bits per heavy atom. The molecule has 0 unspecified atom stereocenters. The quantitative estimate of drug-likeness (QED) is 0.511. The molecule has 1 aliphatic heterocycles. The summed E-state index contributed by atoms with van der Waals surface area (Å²) in [6.45, 7) is 2.54. The van der Waals surface area contributed by atoms with Gasteiger partial charge in [-0.1, -0.05) is 25.0 Å². The highest BCUT2D eigenvalue weighted by molar-refractivity contribution is 6.13. The van der Waals surface area contributed by atoms with Gasteiger partial charge in [0.1, 0.15) is 18.1 Å². The van der Waals surface area contributed by atoms with Crippen molar-refractivity contribution in [2.24, 2.45) is 0 Å². The lowest BCUT2D eigenvalue weighted by atomic mass is 10.2. The molecule has 0 aliphatic carbocycles. The van der Waals surface area contributed by atoms with Crippen LogP contribution >= 0.6 is 0 Å². The predicted octanol–water partition coefficient (Wildman–Crippen LogP) is 2.00. The standard InChI is InChI=1S/C16H16N2O3/c1-3-9-18-15(19)14(17-16(18)20)11-12-5-7-13(8-6-12)21-10-4-2/h2,5-8,11H,3,9-10H2,1H3,(H,17,20)/b14-11+. The number of urea groups is 1. The molecule has 108 valence electrons. The van der Waals surface area contributed by atoms with Crippen molar-refractivity contribution in [1.29, 1.82) is 0 Å². The molecule has 2 rings (SSSR count). The maximum absolute atomic E-state index is 12.0. The fourth-order valence-corrected chi connectivity index (χ4v) is 1.95. The maximum atomic E-state index is 12.0.